The van der Waals surface area contributed by atoms with Crippen molar-refractivity contribution in [3.05, 3.63) is 139 Å². The van der Waals surface area contributed by atoms with E-state index in [1.807, 2.05) is 18.2 Å². The molecule has 0 aliphatic heterocycles. The molecular weight excluding hydrogens is 554 g/mol. The molecule has 6 aromatic carbocycles. The first-order valence-electron chi connectivity index (χ1n) is 13.7. The number of benzene rings is 6. The highest BCUT2D eigenvalue weighted by atomic mass is 35.5. The van der Waals surface area contributed by atoms with Crippen LogP contribution in [0.5, 0.6) is 0 Å². The molecular formula is C37H22ClN3S. The molecule has 0 saturated carbocycles. The Balaban J connectivity index is 1.23. The first-order chi connectivity index (χ1) is 20.7. The van der Waals surface area contributed by atoms with Gasteiger partial charge in [0.15, 0.2) is 11.6 Å². The second-order valence-corrected chi connectivity index (χ2v) is 11.6. The number of rotatable bonds is 4. The van der Waals surface area contributed by atoms with E-state index >= 15 is 0 Å². The van der Waals surface area contributed by atoms with Crippen LogP contribution in [0, 0.1) is 0 Å². The first-order valence-corrected chi connectivity index (χ1v) is 14.9. The quantitative estimate of drug-likeness (QED) is 0.209. The fourth-order valence-electron chi connectivity index (χ4n) is 5.68. The van der Waals surface area contributed by atoms with Crippen molar-refractivity contribution in [1.29, 1.82) is 0 Å². The van der Waals surface area contributed by atoms with Crippen LogP contribution >= 0.6 is 22.9 Å². The van der Waals surface area contributed by atoms with E-state index in [-0.39, 0.29) is 5.28 Å². The van der Waals surface area contributed by atoms with Gasteiger partial charge in [-0.2, -0.15) is 9.97 Å². The molecule has 0 amide bonds. The Labute approximate surface area is 251 Å². The van der Waals surface area contributed by atoms with Gasteiger partial charge in [-0.1, -0.05) is 109 Å². The van der Waals surface area contributed by atoms with E-state index in [1.165, 1.54) is 37.4 Å². The predicted molar refractivity (Wildman–Crippen MR) is 177 cm³/mol. The molecule has 5 heteroatoms. The van der Waals surface area contributed by atoms with Crippen molar-refractivity contribution in [2.45, 2.75) is 0 Å². The van der Waals surface area contributed by atoms with Crippen molar-refractivity contribution in [2.75, 3.05) is 0 Å². The lowest BCUT2D eigenvalue weighted by atomic mass is 9.94. The Bertz CT molecular complexity index is 2270. The standard InChI is InChI=1S/C37H22ClN3S/c38-37-40-35(39-36(41-37)31-17-8-16-30-29-14-4-5-18-33(29)42-34(30)31)27-13-6-12-25(21-27)26-20-19-24-11-7-15-28(32(24)22-26)23-9-2-1-3-10-23/h1-22H. The van der Waals surface area contributed by atoms with Crippen LogP contribution < -0.4 is 0 Å². The lowest BCUT2D eigenvalue weighted by molar-refractivity contribution is 1.07. The topological polar surface area (TPSA) is 38.7 Å². The minimum Gasteiger partial charge on any atom is -0.208 e. The molecule has 42 heavy (non-hydrogen) atoms. The summed E-state index contributed by atoms with van der Waals surface area (Å²) in [5.74, 6) is 1.13. The van der Waals surface area contributed by atoms with Crippen LogP contribution in [0.4, 0.5) is 0 Å². The number of aromatic nitrogens is 3. The molecule has 0 fully saturated rings. The number of fused-ring (bicyclic) bond motifs is 4. The minimum absolute atomic E-state index is 0.178. The maximum absolute atomic E-state index is 6.52. The normalized spacial score (nSPS) is 11.5. The van der Waals surface area contributed by atoms with Crippen LogP contribution in [0.1, 0.15) is 0 Å². The van der Waals surface area contributed by atoms with E-state index < -0.39 is 0 Å². The minimum atomic E-state index is 0.178. The van der Waals surface area contributed by atoms with E-state index in [4.69, 9.17) is 16.6 Å². The SMILES string of the molecule is Clc1nc(-c2cccc(-c3ccc4cccc(-c5ccccc5)c4c3)c2)nc(-c2cccc3c2sc2ccccc23)n1. The average molecular weight is 576 g/mol. The third kappa shape index (κ3) is 4.33. The highest BCUT2D eigenvalue weighted by Crippen LogP contribution is 2.39. The fraction of sp³-hybridized carbons (Fsp3) is 0. The second-order valence-electron chi connectivity index (χ2n) is 10.2. The molecule has 8 rings (SSSR count). The summed E-state index contributed by atoms with van der Waals surface area (Å²) in [5, 5.41) is 5.03. The average Bonchev–Trinajstić information content (AvgIpc) is 3.43. The van der Waals surface area contributed by atoms with E-state index in [1.54, 1.807) is 11.3 Å². The van der Waals surface area contributed by atoms with Crippen LogP contribution in [0.25, 0.3) is 76.0 Å². The zero-order chi connectivity index (χ0) is 28.0. The Morgan fingerprint density at radius 2 is 1.14 bits per heavy atom. The van der Waals surface area contributed by atoms with Crippen molar-refractivity contribution in [2.24, 2.45) is 0 Å². The molecule has 2 heterocycles. The fourth-order valence-corrected chi connectivity index (χ4v) is 7.05. The maximum Gasteiger partial charge on any atom is 0.226 e. The molecule has 0 N–H and O–H groups in total. The summed E-state index contributed by atoms with van der Waals surface area (Å²) in [5.41, 5.74) is 6.48. The Morgan fingerprint density at radius 3 is 2.07 bits per heavy atom. The predicted octanol–water partition coefficient (Wildman–Crippen LogP) is 10.7. The smallest absolute Gasteiger partial charge is 0.208 e. The molecule has 0 atom stereocenters. The maximum atomic E-state index is 6.52. The Kier molecular flexibility index (Phi) is 6.03. The number of halogens is 1. The summed E-state index contributed by atoms with van der Waals surface area (Å²) in [6.07, 6.45) is 0. The highest BCUT2D eigenvalue weighted by molar-refractivity contribution is 7.26. The van der Waals surface area contributed by atoms with Gasteiger partial charge in [-0.25, -0.2) is 4.98 Å². The zero-order valence-corrected chi connectivity index (χ0v) is 23.9. The summed E-state index contributed by atoms with van der Waals surface area (Å²) >= 11 is 8.27. The molecule has 0 aliphatic rings. The van der Waals surface area contributed by atoms with Gasteiger partial charge >= 0.3 is 0 Å². The van der Waals surface area contributed by atoms with Gasteiger partial charge in [-0.05, 0) is 68.9 Å². The molecule has 0 unspecified atom stereocenters. The highest BCUT2D eigenvalue weighted by Gasteiger charge is 2.15. The number of nitrogens with zero attached hydrogens (tertiary/aromatic N) is 3. The van der Waals surface area contributed by atoms with Gasteiger partial charge in [0, 0.05) is 31.3 Å². The van der Waals surface area contributed by atoms with Crippen molar-refractivity contribution in [1.82, 2.24) is 15.0 Å². The molecule has 0 spiro atoms. The third-order valence-corrected chi connectivity index (χ3v) is 9.06. The van der Waals surface area contributed by atoms with Crippen molar-refractivity contribution in [3.63, 3.8) is 0 Å². The molecule has 3 nitrogen and oxygen atoms in total. The zero-order valence-electron chi connectivity index (χ0n) is 22.3. The molecule has 198 valence electrons. The van der Waals surface area contributed by atoms with Gasteiger partial charge in [0.25, 0.3) is 0 Å². The molecule has 0 radical (unpaired) electrons. The lowest BCUT2D eigenvalue weighted by Crippen LogP contribution is -1.97. The van der Waals surface area contributed by atoms with Crippen LogP contribution in [0.15, 0.2) is 133 Å². The number of thiophene rings is 1. The third-order valence-electron chi connectivity index (χ3n) is 7.67. The summed E-state index contributed by atoms with van der Waals surface area (Å²) in [6.45, 7) is 0. The van der Waals surface area contributed by atoms with Gasteiger partial charge in [-0.3, -0.25) is 0 Å². The Hall–Kier alpha value is -4.90. The van der Waals surface area contributed by atoms with Crippen molar-refractivity contribution < 1.29 is 0 Å². The van der Waals surface area contributed by atoms with E-state index in [0.717, 1.165) is 27.0 Å². The monoisotopic (exact) mass is 575 g/mol. The largest absolute Gasteiger partial charge is 0.226 e. The molecule has 0 saturated heterocycles. The lowest BCUT2D eigenvalue weighted by Gasteiger charge is -2.11. The Morgan fingerprint density at radius 1 is 0.452 bits per heavy atom. The van der Waals surface area contributed by atoms with Crippen LogP contribution in [0.2, 0.25) is 5.28 Å². The van der Waals surface area contributed by atoms with Gasteiger partial charge in [-0.15, -0.1) is 11.3 Å². The number of hydrogen-bond acceptors (Lipinski definition) is 4. The molecule has 0 aliphatic carbocycles. The van der Waals surface area contributed by atoms with Crippen LogP contribution in [0.3, 0.4) is 0 Å². The van der Waals surface area contributed by atoms with Crippen molar-refractivity contribution >= 4 is 53.9 Å². The molecule has 2 aromatic heterocycles. The van der Waals surface area contributed by atoms with E-state index in [9.17, 15) is 0 Å². The van der Waals surface area contributed by atoms with E-state index in [2.05, 4.69) is 125 Å². The van der Waals surface area contributed by atoms with Crippen molar-refractivity contribution in [3.8, 4) is 45.0 Å². The summed E-state index contributed by atoms with van der Waals surface area (Å²) in [7, 11) is 0. The summed E-state index contributed by atoms with van der Waals surface area (Å²) in [4.78, 5) is 14.0. The molecule has 0 bridgehead atoms. The number of hydrogen-bond donors (Lipinski definition) is 0. The van der Waals surface area contributed by atoms with Gasteiger partial charge < -0.3 is 0 Å². The van der Waals surface area contributed by atoms with E-state index in [0.29, 0.717) is 11.6 Å². The summed E-state index contributed by atoms with van der Waals surface area (Å²) < 4.78 is 2.38. The van der Waals surface area contributed by atoms with Crippen LogP contribution in [-0.2, 0) is 0 Å². The second kappa shape index (κ2) is 10.2. The van der Waals surface area contributed by atoms with Gasteiger partial charge in [0.05, 0.1) is 0 Å². The van der Waals surface area contributed by atoms with Gasteiger partial charge in [0.1, 0.15) is 0 Å². The molecule has 8 aromatic rings. The van der Waals surface area contributed by atoms with Crippen LogP contribution in [-0.4, -0.2) is 15.0 Å². The van der Waals surface area contributed by atoms with Gasteiger partial charge in [0.2, 0.25) is 5.28 Å². The summed E-state index contributed by atoms with van der Waals surface area (Å²) in [6, 6.07) is 46.6. The first kappa shape index (κ1) is 24.9.